The molecule has 1 atom stereocenters. The average molecular weight is 475 g/mol. The molecule has 170 valence electrons. The third-order valence-corrected chi connectivity index (χ3v) is 7.26. The molecule has 0 aliphatic carbocycles. The number of amides is 1. The lowest BCUT2D eigenvalue weighted by molar-refractivity contribution is 0.0902. The number of sulfone groups is 1. The zero-order chi connectivity index (χ0) is 23.3. The monoisotopic (exact) mass is 474 g/mol. The van der Waals surface area contributed by atoms with E-state index < -0.39 is 15.7 Å². The molecule has 6 nitrogen and oxygen atoms in total. The molecule has 1 amide bonds. The second-order valence-electron chi connectivity index (χ2n) is 7.43. The summed E-state index contributed by atoms with van der Waals surface area (Å²) in [5, 5.41) is 3.26. The van der Waals surface area contributed by atoms with Crippen molar-refractivity contribution >= 4 is 27.3 Å². The van der Waals surface area contributed by atoms with E-state index in [4.69, 9.17) is 16.0 Å². The Morgan fingerprint density at radius 3 is 2.22 bits per heavy atom. The molecule has 0 saturated carbocycles. The standard InChI is InChI=1S/C24H27ClN2O4S/c1-4-27(5-2)21(18-8-10-19(25)11-9-18)16-26-24(28)22-14-15-23(31-22)32(29,30)20-12-6-17(3)7-13-20/h6-15,21H,4-5,16H2,1-3H3,(H,26,28). The number of furan rings is 1. The van der Waals surface area contributed by atoms with Crippen LogP contribution in [0.15, 0.2) is 75.1 Å². The molecule has 3 aromatic rings. The SMILES string of the molecule is CCN(CC)C(CNC(=O)c1ccc(S(=O)(=O)c2ccc(C)cc2)o1)c1ccc(Cl)cc1. The molecule has 0 aliphatic heterocycles. The maximum absolute atomic E-state index is 12.8. The fourth-order valence-electron chi connectivity index (χ4n) is 3.50. The van der Waals surface area contributed by atoms with Gasteiger partial charge in [0, 0.05) is 11.6 Å². The minimum absolute atomic E-state index is 0.0508. The summed E-state index contributed by atoms with van der Waals surface area (Å²) in [4.78, 5) is 15.1. The zero-order valence-electron chi connectivity index (χ0n) is 18.3. The highest BCUT2D eigenvalue weighted by molar-refractivity contribution is 7.91. The topological polar surface area (TPSA) is 79.6 Å². The maximum atomic E-state index is 12.8. The van der Waals surface area contributed by atoms with Crippen molar-refractivity contribution in [3.8, 4) is 0 Å². The minimum atomic E-state index is -3.84. The Balaban J connectivity index is 1.75. The Hall–Kier alpha value is -2.61. The number of aryl methyl sites for hydroxylation is 1. The van der Waals surface area contributed by atoms with E-state index in [9.17, 15) is 13.2 Å². The van der Waals surface area contributed by atoms with E-state index in [1.54, 1.807) is 12.1 Å². The molecule has 0 fully saturated rings. The van der Waals surface area contributed by atoms with E-state index in [1.165, 1.54) is 24.3 Å². The van der Waals surface area contributed by atoms with Gasteiger partial charge >= 0.3 is 0 Å². The summed E-state index contributed by atoms with van der Waals surface area (Å²) >= 11 is 6.02. The second-order valence-corrected chi connectivity index (χ2v) is 9.75. The van der Waals surface area contributed by atoms with E-state index in [1.807, 2.05) is 31.2 Å². The quantitative estimate of drug-likeness (QED) is 0.477. The van der Waals surface area contributed by atoms with Crippen molar-refractivity contribution in [2.75, 3.05) is 19.6 Å². The van der Waals surface area contributed by atoms with E-state index in [2.05, 4.69) is 24.1 Å². The molecule has 0 spiro atoms. The predicted molar refractivity (Wildman–Crippen MR) is 125 cm³/mol. The Morgan fingerprint density at radius 1 is 1.00 bits per heavy atom. The van der Waals surface area contributed by atoms with E-state index >= 15 is 0 Å². The summed E-state index contributed by atoms with van der Waals surface area (Å²) in [7, 11) is -3.84. The van der Waals surface area contributed by atoms with Gasteiger partial charge in [0.05, 0.1) is 10.9 Å². The highest BCUT2D eigenvalue weighted by Gasteiger charge is 2.25. The summed E-state index contributed by atoms with van der Waals surface area (Å²) < 4.78 is 31.0. The number of hydrogen-bond donors (Lipinski definition) is 1. The molecule has 3 rings (SSSR count). The highest BCUT2D eigenvalue weighted by Crippen LogP contribution is 2.24. The lowest BCUT2D eigenvalue weighted by Gasteiger charge is -2.30. The normalized spacial score (nSPS) is 12.7. The van der Waals surface area contributed by atoms with Gasteiger partial charge in [-0.3, -0.25) is 9.69 Å². The lowest BCUT2D eigenvalue weighted by Crippen LogP contribution is -2.38. The summed E-state index contributed by atoms with van der Waals surface area (Å²) in [6, 6.07) is 16.6. The number of hydrogen-bond acceptors (Lipinski definition) is 5. The molecule has 0 radical (unpaired) electrons. The number of likely N-dealkylation sites (N-methyl/N-ethyl adjacent to an activating group) is 1. The molecule has 32 heavy (non-hydrogen) atoms. The molecular weight excluding hydrogens is 448 g/mol. The fourth-order valence-corrected chi connectivity index (χ4v) is 4.80. The Bertz CT molecular complexity index is 1150. The molecule has 1 N–H and O–H groups in total. The first-order valence-electron chi connectivity index (χ1n) is 10.5. The van der Waals surface area contributed by atoms with Crippen LogP contribution in [0.2, 0.25) is 5.02 Å². The van der Waals surface area contributed by atoms with Gasteiger partial charge in [-0.25, -0.2) is 8.42 Å². The van der Waals surface area contributed by atoms with Crippen molar-refractivity contribution in [3.63, 3.8) is 0 Å². The van der Waals surface area contributed by atoms with Crippen LogP contribution in [0.25, 0.3) is 0 Å². The smallest absolute Gasteiger partial charge is 0.287 e. The third-order valence-electron chi connectivity index (χ3n) is 5.37. The lowest BCUT2D eigenvalue weighted by atomic mass is 10.0. The van der Waals surface area contributed by atoms with Gasteiger partial charge in [0.15, 0.2) is 5.76 Å². The van der Waals surface area contributed by atoms with E-state index in [-0.39, 0.29) is 21.8 Å². The molecule has 1 aromatic heterocycles. The summed E-state index contributed by atoms with van der Waals surface area (Å²) in [5.41, 5.74) is 1.98. The van der Waals surface area contributed by atoms with Crippen molar-refractivity contribution in [2.45, 2.75) is 36.8 Å². The van der Waals surface area contributed by atoms with Gasteiger partial charge in [-0.1, -0.05) is 55.3 Å². The molecule has 0 aliphatic rings. The van der Waals surface area contributed by atoms with E-state index in [0.717, 1.165) is 24.2 Å². The van der Waals surface area contributed by atoms with Gasteiger partial charge in [0.1, 0.15) is 0 Å². The zero-order valence-corrected chi connectivity index (χ0v) is 19.9. The predicted octanol–water partition coefficient (Wildman–Crippen LogP) is 4.89. The molecule has 0 bridgehead atoms. The number of carbonyl (C=O) groups is 1. The van der Waals surface area contributed by atoms with Crippen LogP contribution < -0.4 is 5.32 Å². The average Bonchev–Trinajstić information content (AvgIpc) is 3.29. The molecule has 2 aromatic carbocycles. The summed E-state index contributed by atoms with van der Waals surface area (Å²) in [5.74, 6) is -0.522. The van der Waals surface area contributed by atoms with Crippen LogP contribution in [0.1, 0.15) is 41.6 Å². The van der Waals surface area contributed by atoms with Crippen LogP contribution >= 0.6 is 11.6 Å². The molecule has 0 saturated heterocycles. The molecule has 1 unspecified atom stereocenters. The molecular formula is C24H27ClN2O4S. The first kappa shape index (κ1) is 24.0. The van der Waals surface area contributed by atoms with Gasteiger partial charge < -0.3 is 9.73 Å². The van der Waals surface area contributed by atoms with Crippen LogP contribution in [-0.4, -0.2) is 38.9 Å². The second kappa shape index (κ2) is 10.3. The van der Waals surface area contributed by atoms with Crippen molar-refractivity contribution in [1.82, 2.24) is 10.2 Å². The number of benzene rings is 2. The number of nitrogens with zero attached hydrogens (tertiary/aromatic N) is 1. The van der Waals surface area contributed by atoms with Gasteiger partial charge in [-0.15, -0.1) is 0 Å². The van der Waals surface area contributed by atoms with E-state index in [0.29, 0.717) is 11.6 Å². The van der Waals surface area contributed by atoms with Crippen molar-refractivity contribution in [2.24, 2.45) is 0 Å². The molecule has 1 heterocycles. The number of carbonyl (C=O) groups excluding carboxylic acids is 1. The minimum Gasteiger partial charge on any atom is -0.439 e. The Kier molecular flexibility index (Phi) is 7.77. The largest absolute Gasteiger partial charge is 0.439 e. The Morgan fingerprint density at radius 2 is 1.62 bits per heavy atom. The maximum Gasteiger partial charge on any atom is 0.287 e. The third kappa shape index (κ3) is 5.41. The molecule has 8 heteroatoms. The number of rotatable bonds is 9. The Labute approximate surface area is 194 Å². The van der Waals surface area contributed by atoms with Gasteiger partial charge in [-0.05, 0) is 62.0 Å². The van der Waals surface area contributed by atoms with Crippen molar-refractivity contribution in [3.05, 3.63) is 82.6 Å². The number of halogens is 1. The van der Waals surface area contributed by atoms with Crippen LogP contribution in [0.4, 0.5) is 0 Å². The van der Waals surface area contributed by atoms with Gasteiger partial charge in [0.25, 0.3) is 5.91 Å². The van der Waals surface area contributed by atoms with Crippen LogP contribution in [0.5, 0.6) is 0 Å². The van der Waals surface area contributed by atoms with Crippen LogP contribution in [0, 0.1) is 6.92 Å². The number of nitrogens with one attached hydrogen (secondary N) is 1. The summed E-state index contributed by atoms with van der Waals surface area (Å²) in [6.07, 6.45) is 0. The summed E-state index contributed by atoms with van der Waals surface area (Å²) in [6.45, 7) is 7.94. The van der Waals surface area contributed by atoms with Crippen LogP contribution in [-0.2, 0) is 9.84 Å². The van der Waals surface area contributed by atoms with Crippen molar-refractivity contribution < 1.29 is 17.6 Å². The fraction of sp³-hybridized carbons (Fsp3) is 0.292. The van der Waals surface area contributed by atoms with Crippen molar-refractivity contribution in [1.29, 1.82) is 0 Å². The highest BCUT2D eigenvalue weighted by atomic mass is 35.5. The van der Waals surface area contributed by atoms with Crippen LogP contribution in [0.3, 0.4) is 0 Å². The van der Waals surface area contributed by atoms with Gasteiger partial charge in [0.2, 0.25) is 14.9 Å². The first-order chi connectivity index (χ1) is 15.3. The van der Waals surface area contributed by atoms with Gasteiger partial charge in [-0.2, -0.15) is 0 Å². The first-order valence-corrected chi connectivity index (χ1v) is 12.3.